The predicted octanol–water partition coefficient (Wildman–Crippen LogP) is 2.22. The Kier molecular flexibility index (Phi) is 4.68. The van der Waals surface area contributed by atoms with E-state index in [2.05, 4.69) is 10.2 Å². The fourth-order valence-corrected chi connectivity index (χ4v) is 1.31. The molecule has 2 N–H and O–H groups in total. The Labute approximate surface area is 97.0 Å². The molecule has 1 atom stereocenters. The van der Waals surface area contributed by atoms with Crippen LogP contribution >= 0.6 is 0 Å². The maximum atomic E-state index is 11.9. The van der Waals surface area contributed by atoms with Crippen LogP contribution in [0.15, 0.2) is 12.1 Å². The van der Waals surface area contributed by atoms with Crippen molar-refractivity contribution < 1.29 is 17.9 Å². The van der Waals surface area contributed by atoms with E-state index in [0.29, 0.717) is 11.6 Å². The summed E-state index contributed by atoms with van der Waals surface area (Å²) >= 11 is 0. The number of rotatable bonds is 5. The van der Waals surface area contributed by atoms with Crippen molar-refractivity contribution in [2.45, 2.75) is 31.5 Å². The van der Waals surface area contributed by atoms with Crippen molar-refractivity contribution in [2.24, 2.45) is 5.73 Å². The van der Waals surface area contributed by atoms with Crippen LogP contribution in [-0.4, -0.2) is 23.5 Å². The van der Waals surface area contributed by atoms with E-state index in [1.54, 1.807) is 12.1 Å². The van der Waals surface area contributed by atoms with Gasteiger partial charge in [0.1, 0.15) is 0 Å². The molecule has 1 aromatic rings. The average Bonchev–Trinajstić information content (AvgIpc) is 2.27. The van der Waals surface area contributed by atoms with Gasteiger partial charge in [0.2, 0.25) is 5.88 Å². The number of nitrogens with zero attached hydrogens (tertiary/aromatic N) is 2. The lowest BCUT2D eigenvalue weighted by Gasteiger charge is -2.11. The van der Waals surface area contributed by atoms with Gasteiger partial charge in [0.15, 0.2) is 0 Å². The van der Waals surface area contributed by atoms with Gasteiger partial charge in [-0.25, -0.2) is 0 Å². The first kappa shape index (κ1) is 13.7. The highest BCUT2D eigenvalue weighted by atomic mass is 19.4. The number of aromatic nitrogens is 2. The third kappa shape index (κ3) is 4.99. The Balaban J connectivity index is 2.43. The second kappa shape index (κ2) is 5.81. The fourth-order valence-electron chi connectivity index (χ4n) is 1.31. The Morgan fingerprint density at radius 3 is 2.53 bits per heavy atom. The number of nitrogens with two attached hydrogens (primary N) is 1. The van der Waals surface area contributed by atoms with E-state index in [1.165, 1.54) is 7.11 Å². The van der Waals surface area contributed by atoms with E-state index in [1.807, 2.05) is 0 Å². The monoisotopic (exact) mass is 249 g/mol. The maximum Gasteiger partial charge on any atom is 0.389 e. The van der Waals surface area contributed by atoms with Gasteiger partial charge in [0.25, 0.3) is 0 Å². The third-order valence-electron chi connectivity index (χ3n) is 2.23. The van der Waals surface area contributed by atoms with Gasteiger partial charge in [-0.1, -0.05) is 0 Å². The molecule has 0 bridgehead atoms. The minimum atomic E-state index is -4.13. The highest BCUT2D eigenvalue weighted by Crippen LogP contribution is 2.24. The van der Waals surface area contributed by atoms with Gasteiger partial charge < -0.3 is 10.5 Å². The first-order valence-electron chi connectivity index (χ1n) is 5.12. The van der Waals surface area contributed by atoms with Crippen LogP contribution in [0.1, 0.15) is 31.0 Å². The van der Waals surface area contributed by atoms with E-state index in [0.717, 1.165) is 0 Å². The second-order valence-corrected chi connectivity index (χ2v) is 3.61. The fraction of sp³-hybridized carbons (Fsp3) is 0.600. The topological polar surface area (TPSA) is 61.0 Å². The van der Waals surface area contributed by atoms with Gasteiger partial charge in [-0.2, -0.15) is 18.3 Å². The molecule has 0 saturated carbocycles. The minimum absolute atomic E-state index is 0.0155. The van der Waals surface area contributed by atoms with Gasteiger partial charge in [-0.15, -0.1) is 5.10 Å². The average molecular weight is 249 g/mol. The van der Waals surface area contributed by atoms with Crippen LogP contribution in [0.2, 0.25) is 0 Å². The zero-order valence-corrected chi connectivity index (χ0v) is 9.37. The SMILES string of the molecule is COc1ccc(C(N)CCCC(F)(F)F)nn1. The minimum Gasteiger partial charge on any atom is -0.480 e. The molecule has 1 rings (SSSR count). The molecule has 0 aromatic carbocycles. The van der Waals surface area contributed by atoms with Crippen LogP contribution in [0.4, 0.5) is 13.2 Å². The zero-order valence-electron chi connectivity index (χ0n) is 9.37. The van der Waals surface area contributed by atoms with Gasteiger partial charge in [0, 0.05) is 18.5 Å². The van der Waals surface area contributed by atoms with Crippen LogP contribution in [0.3, 0.4) is 0 Å². The van der Waals surface area contributed by atoms with Gasteiger partial charge >= 0.3 is 6.18 Å². The molecule has 96 valence electrons. The zero-order chi connectivity index (χ0) is 12.9. The van der Waals surface area contributed by atoms with E-state index in [4.69, 9.17) is 10.5 Å². The lowest BCUT2D eigenvalue weighted by Crippen LogP contribution is -2.14. The van der Waals surface area contributed by atoms with Crippen LogP contribution in [0.5, 0.6) is 5.88 Å². The molecule has 0 aliphatic carbocycles. The number of hydrogen-bond donors (Lipinski definition) is 1. The summed E-state index contributed by atoms with van der Waals surface area (Å²) in [5.74, 6) is 0.344. The number of hydrogen-bond acceptors (Lipinski definition) is 4. The van der Waals surface area contributed by atoms with Gasteiger partial charge in [-0.3, -0.25) is 0 Å². The number of halogens is 3. The first-order chi connectivity index (χ1) is 7.92. The summed E-state index contributed by atoms with van der Waals surface area (Å²) < 4.78 is 40.6. The summed E-state index contributed by atoms with van der Waals surface area (Å²) in [5.41, 5.74) is 6.17. The van der Waals surface area contributed by atoms with Gasteiger partial charge in [0.05, 0.1) is 12.8 Å². The van der Waals surface area contributed by atoms with E-state index in [9.17, 15) is 13.2 Å². The lowest BCUT2D eigenvalue weighted by molar-refractivity contribution is -0.135. The van der Waals surface area contributed by atoms with Crippen molar-refractivity contribution >= 4 is 0 Å². The van der Waals surface area contributed by atoms with Crippen LogP contribution in [0.25, 0.3) is 0 Å². The number of alkyl halides is 3. The Morgan fingerprint density at radius 2 is 2.06 bits per heavy atom. The molecule has 0 amide bonds. The Bertz CT molecular complexity index is 340. The molecule has 4 nitrogen and oxygen atoms in total. The molecule has 1 unspecified atom stereocenters. The summed E-state index contributed by atoms with van der Waals surface area (Å²) in [5, 5.41) is 7.48. The van der Waals surface area contributed by atoms with Crippen molar-refractivity contribution in [3.05, 3.63) is 17.8 Å². The second-order valence-electron chi connectivity index (χ2n) is 3.61. The highest BCUT2D eigenvalue weighted by molar-refractivity contribution is 5.13. The molecular weight excluding hydrogens is 235 g/mol. The molecule has 0 radical (unpaired) electrons. The van der Waals surface area contributed by atoms with Gasteiger partial charge in [-0.05, 0) is 18.9 Å². The number of ether oxygens (including phenoxy) is 1. The van der Waals surface area contributed by atoms with Crippen molar-refractivity contribution in [1.82, 2.24) is 10.2 Å². The molecule has 17 heavy (non-hydrogen) atoms. The highest BCUT2D eigenvalue weighted by Gasteiger charge is 2.26. The van der Waals surface area contributed by atoms with Crippen molar-refractivity contribution in [1.29, 1.82) is 0 Å². The molecule has 0 aliphatic rings. The Morgan fingerprint density at radius 1 is 1.35 bits per heavy atom. The standard InChI is InChI=1S/C10H14F3N3O/c1-17-9-5-4-8(15-16-9)7(14)3-2-6-10(11,12)13/h4-5,7H,2-3,6,14H2,1H3. The molecule has 0 fully saturated rings. The summed E-state index contributed by atoms with van der Waals surface area (Å²) in [6, 6.07) is 2.64. The summed E-state index contributed by atoms with van der Waals surface area (Å²) in [6.07, 6.45) is -4.76. The van der Waals surface area contributed by atoms with Crippen LogP contribution < -0.4 is 10.5 Å². The smallest absolute Gasteiger partial charge is 0.389 e. The molecule has 1 heterocycles. The summed E-state index contributed by atoms with van der Waals surface area (Å²) in [4.78, 5) is 0. The summed E-state index contributed by atoms with van der Waals surface area (Å²) in [7, 11) is 1.45. The van der Waals surface area contributed by atoms with Crippen LogP contribution in [-0.2, 0) is 0 Å². The summed E-state index contributed by atoms with van der Waals surface area (Å²) in [6.45, 7) is 0. The molecule has 1 aromatic heterocycles. The lowest BCUT2D eigenvalue weighted by atomic mass is 10.1. The van der Waals surface area contributed by atoms with E-state index < -0.39 is 18.6 Å². The molecule has 0 saturated heterocycles. The number of methoxy groups -OCH3 is 1. The maximum absolute atomic E-state index is 11.9. The van der Waals surface area contributed by atoms with Crippen molar-refractivity contribution in [2.75, 3.05) is 7.11 Å². The quantitative estimate of drug-likeness (QED) is 0.869. The Hall–Kier alpha value is -1.37. The van der Waals surface area contributed by atoms with E-state index >= 15 is 0 Å². The van der Waals surface area contributed by atoms with Crippen molar-refractivity contribution in [3.8, 4) is 5.88 Å². The van der Waals surface area contributed by atoms with Crippen molar-refractivity contribution in [3.63, 3.8) is 0 Å². The normalized spacial score (nSPS) is 13.5. The molecular formula is C10H14F3N3O. The first-order valence-corrected chi connectivity index (χ1v) is 5.12. The predicted molar refractivity (Wildman–Crippen MR) is 55.4 cm³/mol. The van der Waals surface area contributed by atoms with E-state index in [-0.39, 0.29) is 12.8 Å². The molecule has 0 aliphatic heterocycles. The van der Waals surface area contributed by atoms with Crippen LogP contribution in [0, 0.1) is 0 Å². The largest absolute Gasteiger partial charge is 0.480 e. The molecule has 7 heteroatoms. The molecule has 0 spiro atoms. The third-order valence-corrected chi connectivity index (χ3v) is 2.23.